The minimum Gasteiger partial charge on any atom is -0.327 e. The Kier molecular flexibility index (Phi) is 5.12. The highest BCUT2D eigenvalue weighted by molar-refractivity contribution is 6.01. The molecule has 0 radical (unpaired) electrons. The van der Waals surface area contributed by atoms with Gasteiger partial charge in [0.15, 0.2) is 0 Å². The third-order valence-corrected chi connectivity index (χ3v) is 4.75. The van der Waals surface area contributed by atoms with Crippen molar-refractivity contribution >= 4 is 17.5 Å². The lowest BCUT2D eigenvalue weighted by Crippen LogP contribution is -2.50. The maximum absolute atomic E-state index is 12.8. The number of carbonyl (C=O) groups excluding carboxylic acids is 2. The molecule has 1 aliphatic rings. The molecule has 5 heteroatoms. The third kappa shape index (κ3) is 3.87. The predicted molar refractivity (Wildman–Crippen MR) is 97.5 cm³/mol. The van der Waals surface area contributed by atoms with E-state index in [1.165, 1.54) is 5.56 Å². The number of hydrogen-bond donors (Lipinski definition) is 1. The molecule has 0 spiro atoms. The van der Waals surface area contributed by atoms with Gasteiger partial charge in [-0.05, 0) is 68.5 Å². The Bertz CT molecular complexity index is 774. The van der Waals surface area contributed by atoms with Crippen LogP contribution in [0.1, 0.15) is 40.7 Å². The lowest BCUT2D eigenvalue weighted by atomic mass is 10.00. The fourth-order valence-corrected chi connectivity index (χ4v) is 3.15. The SMILES string of the molecule is Cc1ccc(NC(=O)C2CCCCN2C(=O)c2cccnc2)cc1C. The summed E-state index contributed by atoms with van der Waals surface area (Å²) in [4.78, 5) is 31.2. The maximum atomic E-state index is 12.8. The van der Waals surface area contributed by atoms with Gasteiger partial charge in [-0.2, -0.15) is 0 Å². The molecule has 0 saturated carbocycles. The lowest BCUT2D eigenvalue weighted by molar-refractivity contribution is -0.121. The summed E-state index contributed by atoms with van der Waals surface area (Å²) < 4.78 is 0. The van der Waals surface area contributed by atoms with Crippen LogP contribution in [-0.4, -0.2) is 34.3 Å². The molecule has 1 aromatic heterocycles. The van der Waals surface area contributed by atoms with Gasteiger partial charge in [0.1, 0.15) is 6.04 Å². The van der Waals surface area contributed by atoms with E-state index in [4.69, 9.17) is 0 Å². The Labute approximate surface area is 148 Å². The van der Waals surface area contributed by atoms with Crippen molar-refractivity contribution in [1.29, 1.82) is 0 Å². The molecule has 1 atom stereocenters. The minimum absolute atomic E-state index is 0.125. The number of benzene rings is 1. The predicted octanol–water partition coefficient (Wildman–Crippen LogP) is 3.33. The number of nitrogens with one attached hydrogen (secondary N) is 1. The molecule has 2 heterocycles. The van der Waals surface area contributed by atoms with Crippen molar-refractivity contribution in [3.8, 4) is 0 Å². The van der Waals surface area contributed by atoms with Gasteiger partial charge in [-0.25, -0.2) is 0 Å². The summed E-state index contributed by atoms with van der Waals surface area (Å²) in [5, 5.41) is 2.97. The van der Waals surface area contributed by atoms with Crippen LogP contribution >= 0.6 is 0 Å². The summed E-state index contributed by atoms with van der Waals surface area (Å²) in [5.74, 6) is -0.256. The number of anilines is 1. The second-order valence-electron chi connectivity index (χ2n) is 6.54. The van der Waals surface area contributed by atoms with Gasteiger partial charge < -0.3 is 10.2 Å². The number of nitrogens with zero attached hydrogens (tertiary/aromatic N) is 2. The summed E-state index contributed by atoms with van der Waals surface area (Å²) in [6.07, 6.45) is 5.73. The number of piperidine rings is 1. The van der Waals surface area contributed by atoms with E-state index in [0.29, 0.717) is 18.5 Å². The van der Waals surface area contributed by atoms with E-state index in [2.05, 4.69) is 10.3 Å². The van der Waals surface area contributed by atoms with Crippen LogP contribution in [0.3, 0.4) is 0 Å². The average molecular weight is 337 g/mol. The van der Waals surface area contributed by atoms with Crippen LogP contribution in [0.15, 0.2) is 42.7 Å². The van der Waals surface area contributed by atoms with Gasteiger partial charge in [0.2, 0.25) is 5.91 Å². The quantitative estimate of drug-likeness (QED) is 0.934. The second kappa shape index (κ2) is 7.47. The molecule has 0 bridgehead atoms. The molecule has 0 aliphatic carbocycles. The Morgan fingerprint density at radius 2 is 2.00 bits per heavy atom. The first kappa shape index (κ1) is 17.1. The van der Waals surface area contributed by atoms with E-state index in [9.17, 15) is 9.59 Å². The van der Waals surface area contributed by atoms with Crippen molar-refractivity contribution in [1.82, 2.24) is 9.88 Å². The Morgan fingerprint density at radius 3 is 2.72 bits per heavy atom. The number of rotatable bonds is 3. The van der Waals surface area contributed by atoms with Crippen molar-refractivity contribution in [3.05, 3.63) is 59.4 Å². The van der Waals surface area contributed by atoms with E-state index < -0.39 is 6.04 Å². The van der Waals surface area contributed by atoms with Crippen molar-refractivity contribution in [2.24, 2.45) is 0 Å². The number of likely N-dealkylation sites (tertiary alicyclic amines) is 1. The van der Waals surface area contributed by atoms with Crippen LogP contribution in [0.5, 0.6) is 0 Å². The van der Waals surface area contributed by atoms with Crippen LogP contribution < -0.4 is 5.32 Å². The summed E-state index contributed by atoms with van der Waals surface area (Å²) in [6.45, 7) is 4.65. The normalized spacial score (nSPS) is 17.2. The standard InChI is InChI=1S/C20H23N3O2/c1-14-8-9-17(12-15(14)2)22-19(24)18-7-3-4-11-23(18)20(25)16-6-5-10-21-13-16/h5-6,8-10,12-13,18H,3-4,7,11H2,1-2H3,(H,22,24). The number of amides is 2. The number of aryl methyl sites for hydroxylation is 2. The Morgan fingerprint density at radius 1 is 1.16 bits per heavy atom. The summed E-state index contributed by atoms with van der Waals surface area (Å²) >= 11 is 0. The molecule has 1 aliphatic heterocycles. The van der Waals surface area contributed by atoms with Crippen molar-refractivity contribution in [2.45, 2.75) is 39.2 Å². The molecule has 1 saturated heterocycles. The molecule has 2 aromatic rings. The van der Waals surface area contributed by atoms with E-state index in [-0.39, 0.29) is 11.8 Å². The molecular weight excluding hydrogens is 314 g/mol. The maximum Gasteiger partial charge on any atom is 0.256 e. The van der Waals surface area contributed by atoms with Crippen LogP contribution in [0, 0.1) is 13.8 Å². The zero-order chi connectivity index (χ0) is 17.8. The number of aromatic nitrogens is 1. The Balaban J connectivity index is 1.77. The first-order valence-electron chi connectivity index (χ1n) is 8.65. The first-order chi connectivity index (χ1) is 12.1. The summed E-state index contributed by atoms with van der Waals surface area (Å²) in [5.41, 5.74) is 3.61. The van der Waals surface area contributed by atoms with Crippen molar-refractivity contribution in [2.75, 3.05) is 11.9 Å². The minimum atomic E-state index is -0.442. The fourth-order valence-electron chi connectivity index (χ4n) is 3.15. The van der Waals surface area contributed by atoms with Gasteiger partial charge >= 0.3 is 0 Å². The lowest BCUT2D eigenvalue weighted by Gasteiger charge is -2.34. The second-order valence-corrected chi connectivity index (χ2v) is 6.54. The zero-order valence-electron chi connectivity index (χ0n) is 14.7. The largest absolute Gasteiger partial charge is 0.327 e. The molecule has 25 heavy (non-hydrogen) atoms. The highest BCUT2D eigenvalue weighted by atomic mass is 16.2. The topological polar surface area (TPSA) is 62.3 Å². The molecule has 1 unspecified atom stereocenters. The van der Waals surface area contributed by atoms with Crippen LogP contribution in [0.4, 0.5) is 5.69 Å². The number of hydrogen-bond acceptors (Lipinski definition) is 3. The third-order valence-electron chi connectivity index (χ3n) is 4.75. The van der Waals surface area contributed by atoms with Crippen molar-refractivity contribution < 1.29 is 9.59 Å². The smallest absolute Gasteiger partial charge is 0.256 e. The molecule has 1 N–H and O–H groups in total. The highest BCUT2D eigenvalue weighted by Crippen LogP contribution is 2.22. The van der Waals surface area contributed by atoms with Crippen LogP contribution in [0.25, 0.3) is 0 Å². The van der Waals surface area contributed by atoms with E-state index in [1.807, 2.05) is 32.0 Å². The zero-order valence-corrected chi connectivity index (χ0v) is 14.7. The van der Waals surface area contributed by atoms with E-state index in [0.717, 1.165) is 24.1 Å². The molecule has 1 fully saturated rings. The van der Waals surface area contributed by atoms with Gasteiger partial charge in [0.05, 0.1) is 5.56 Å². The molecule has 5 nitrogen and oxygen atoms in total. The van der Waals surface area contributed by atoms with Crippen molar-refractivity contribution in [3.63, 3.8) is 0 Å². The van der Waals surface area contributed by atoms with Gasteiger partial charge in [0, 0.05) is 24.6 Å². The monoisotopic (exact) mass is 337 g/mol. The first-order valence-corrected chi connectivity index (χ1v) is 8.65. The molecule has 130 valence electrons. The molecular formula is C20H23N3O2. The molecule has 3 rings (SSSR count). The van der Waals surface area contributed by atoms with Crippen LogP contribution in [0.2, 0.25) is 0 Å². The molecule has 1 aromatic carbocycles. The van der Waals surface area contributed by atoms with Crippen LogP contribution in [-0.2, 0) is 4.79 Å². The summed E-state index contributed by atoms with van der Waals surface area (Å²) in [6, 6.07) is 8.89. The fraction of sp³-hybridized carbons (Fsp3) is 0.350. The van der Waals surface area contributed by atoms with Gasteiger partial charge in [-0.3, -0.25) is 14.6 Å². The highest BCUT2D eigenvalue weighted by Gasteiger charge is 2.32. The number of carbonyl (C=O) groups is 2. The summed E-state index contributed by atoms with van der Waals surface area (Å²) in [7, 11) is 0. The van der Waals surface area contributed by atoms with Gasteiger partial charge in [-0.15, -0.1) is 0 Å². The molecule has 2 amide bonds. The van der Waals surface area contributed by atoms with Gasteiger partial charge in [0.25, 0.3) is 5.91 Å². The van der Waals surface area contributed by atoms with Gasteiger partial charge in [-0.1, -0.05) is 6.07 Å². The average Bonchev–Trinajstić information content (AvgIpc) is 2.65. The van der Waals surface area contributed by atoms with E-state index >= 15 is 0 Å². The van der Waals surface area contributed by atoms with E-state index in [1.54, 1.807) is 29.4 Å². The number of pyridine rings is 1. The Hall–Kier alpha value is -2.69.